The lowest BCUT2D eigenvalue weighted by Gasteiger charge is -2.15. The number of nitrogens with zero attached hydrogens (tertiary/aromatic N) is 1. The number of rotatable bonds is 6. The molecule has 1 aliphatic heterocycles. The van der Waals surface area contributed by atoms with Crippen molar-refractivity contribution in [2.45, 2.75) is 19.0 Å². The van der Waals surface area contributed by atoms with Crippen LogP contribution in [0.25, 0.3) is 17.2 Å². The Balaban J connectivity index is 1.95. The SMILES string of the molecule is O=C(O)CCCN1C(=O)/C(=C/c2ccccc2-c2ccccc2C(F)(F)F)SC1=S. The number of thioether (sulfide) groups is 1. The molecule has 1 amide bonds. The molecule has 0 unspecified atom stereocenters. The lowest BCUT2D eigenvalue weighted by Crippen LogP contribution is -2.29. The van der Waals surface area contributed by atoms with Crippen LogP contribution in [0.1, 0.15) is 24.0 Å². The van der Waals surface area contributed by atoms with Gasteiger partial charge in [0.05, 0.1) is 10.5 Å². The minimum absolute atomic E-state index is 0.0220. The topological polar surface area (TPSA) is 57.6 Å². The van der Waals surface area contributed by atoms with E-state index in [1.54, 1.807) is 24.3 Å². The van der Waals surface area contributed by atoms with Crippen molar-refractivity contribution < 1.29 is 27.9 Å². The molecule has 2 aromatic rings. The van der Waals surface area contributed by atoms with Crippen molar-refractivity contribution in [3.63, 3.8) is 0 Å². The normalized spacial score (nSPS) is 15.8. The van der Waals surface area contributed by atoms with Crippen molar-refractivity contribution in [2.24, 2.45) is 0 Å². The van der Waals surface area contributed by atoms with Crippen molar-refractivity contribution >= 4 is 46.3 Å². The fourth-order valence-electron chi connectivity index (χ4n) is 3.06. The third-order valence-electron chi connectivity index (χ3n) is 4.42. The number of carboxylic acids is 1. The van der Waals surface area contributed by atoms with Crippen molar-refractivity contribution in [3.05, 3.63) is 64.6 Å². The van der Waals surface area contributed by atoms with E-state index in [0.717, 1.165) is 17.8 Å². The van der Waals surface area contributed by atoms with Crippen molar-refractivity contribution in [2.75, 3.05) is 6.54 Å². The summed E-state index contributed by atoms with van der Waals surface area (Å²) in [6, 6.07) is 11.8. The number of carboxylic acid groups (broad SMARTS) is 1. The first-order chi connectivity index (χ1) is 14.2. The molecule has 0 aromatic heterocycles. The van der Waals surface area contributed by atoms with Crippen LogP contribution in [0.3, 0.4) is 0 Å². The summed E-state index contributed by atoms with van der Waals surface area (Å²) in [7, 11) is 0. The molecule has 30 heavy (non-hydrogen) atoms. The van der Waals surface area contributed by atoms with Crippen LogP contribution in [0.5, 0.6) is 0 Å². The summed E-state index contributed by atoms with van der Waals surface area (Å²) in [6.07, 6.45) is -2.83. The Morgan fingerprint density at radius 3 is 2.40 bits per heavy atom. The summed E-state index contributed by atoms with van der Waals surface area (Å²) < 4.78 is 40.7. The zero-order chi connectivity index (χ0) is 21.9. The summed E-state index contributed by atoms with van der Waals surface area (Å²) in [4.78, 5) is 25.0. The van der Waals surface area contributed by atoms with Crippen LogP contribution >= 0.6 is 24.0 Å². The molecule has 156 valence electrons. The second-order valence-corrected chi connectivity index (χ2v) is 8.14. The van der Waals surface area contributed by atoms with Crippen LogP contribution in [0, 0.1) is 0 Å². The van der Waals surface area contributed by atoms with Gasteiger partial charge in [0.2, 0.25) is 0 Å². The second-order valence-electron chi connectivity index (χ2n) is 6.46. The van der Waals surface area contributed by atoms with Crippen LogP contribution in [-0.2, 0) is 15.8 Å². The van der Waals surface area contributed by atoms with E-state index in [2.05, 4.69) is 0 Å². The van der Waals surface area contributed by atoms with E-state index in [0.29, 0.717) is 15.4 Å². The van der Waals surface area contributed by atoms with E-state index < -0.39 is 17.7 Å². The Morgan fingerprint density at radius 1 is 1.10 bits per heavy atom. The molecule has 4 nitrogen and oxygen atoms in total. The maximum Gasteiger partial charge on any atom is 0.417 e. The van der Waals surface area contributed by atoms with E-state index in [1.807, 2.05) is 0 Å². The average Bonchev–Trinajstić information content (AvgIpc) is 2.95. The van der Waals surface area contributed by atoms with Crippen molar-refractivity contribution in [1.82, 2.24) is 4.90 Å². The third kappa shape index (κ3) is 4.91. The monoisotopic (exact) mass is 451 g/mol. The number of hydrogen-bond acceptors (Lipinski definition) is 4. The second kappa shape index (κ2) is 9.01. The number of benzene rings is 2. The molecule has 2 aromatic carbocycles. The van der Waals surface area contributed by atoms with Gasteiger partial charge in [-0.3, -0.25) is 14.5 Å². The van der Waals surface area contributed by atoms with Gasteiger partial charge in [-0.1, -0.05) is 66.4 Å². The standard InChI is InChI=1S/C21H16F3NO3S2/c22-21(23,24)16-9-4-3-8-15(16)14-7-2-1-6-13(14)12-17-19(28)25(20(29)30-17)11-5-10-18(26)27/h1-4,6-9,12H,5,10-11H2,(H,26,27)/b17-12-. The van der Waals surface area contributed by atoms with Crippen LogP contribution in [0.2, 0.25) is 0 Å². The number of hydrogen-bond donors (Lipinski definition) is 1. The molecular weight excluding hydrogens is 435 g/mol. The molecule has 0 aliphatic carbocycles. The predicted octanol–water partition coefficient (Wildman–Crippen LogP) is 5.44. The van der Waals surface area contributed by atoms with Crippen LogP contribution in [-0.4, -0.2) is 32.7 Å². The molecule has 3 rings (SSSR count). The molecule has 1 aliphatic rings. The van der Waals surface area contributed by atoms with Gasteiger partial charge in [0, 0.05) is 13.0 Å². The molecule has 1 fully saturated rings. The van der Waals surface area contributed by atoms with E-state index in [-0.39, 0.29) is 35.8 Å². The summed E-state index contributed by atoms with van der Waals surface area (Å²) in [5.41, 5.74) is 0.0719. The van der Waals surface area contributed by atoms with Gasteiger partial charge in [0.1, 0.15) is 4.32 Å². The number of carbonyl (C=O) groups is 2. The highest BCUT2D eigenvalue weighted by Gasteiger charge is 2.34. The molecule has 1 heterocycles. The highest BCUT2D eigenvalue weighted by molar-refractivity contribution is 8.26. The zero-order valence-electron chi connectivity index (χ0n) is 15.5. The van der Waals surface area contributed by atoms with E-state index in [1.165, 1.54) is 29.2 Å². The first-order valence-corrected chi connectivity index (χ1v) is 10.1. The quantitative estimate of drug-likeness (QED) is 0.468. The van der Waals surface area contributed by atoms with E-state index >= 15 is 0 Å². The maximum absolute atomic E-state index is 13.5. The summed E-state index contributed by atoms with van der Waals surface area (Å²) in [6.45, 7) is 0.173. The van der Waals surface area contributed by atoms with Gasteiger partial charge in [-0.05, 0) is 35.3 Å². The van der Waals surface area contributed by atoms with Crippen LogP contribution in [0.15, 0.2) is 53.4 Å². The minimum Gasteiger partial charge on any atom is -0.481 e. The lowest BCUT2D eigenvalue weighted by molar-refractivity contribution is -0.138. The zero-order valence-corrected chi connectivity index (χ0v) is 17.1. The Bertz CT molecular complexity index is 1030. The Morgan fingerprint density at radius 2 is 1.73 bits per heavy atom. The van der Waals surface area contributed by atoms with E-state index in [4.69, 9.17) is 17.3 Å². The number of thiocarbonyl (C=S) groups is 1. The van der Waals surface area contributed by atoms with Crippen molar-refractivity contribution in [3.8, 4) is 11.1 Å². The van der Waals surface area contributed by atoms with Gasteiger partial charge in [-0.2, -0.15) is 13.2 Å². The van der Waals surface area contributed by atoms with Gasteiger partial charge in [-0.15, -0.1) is 0 Å². The van der Waals surface area contributed by atoms with Gasteiger partial charge < -0.3 is 5.11 Å². The molecule has 0 atom stereocenters. The molecule has 0 radical (unpaired) electrons. The molecule has 0 bridgehead atoms. The summed E-state index contributed by atoms with van der Waals surface area (Å²) >= 11 is 6.27. The highest BCUT2D eigenvalue weighted by atomic mass is 32.2. The fourth-order valence-corrected chi connectivity index (χ4v) is 4.36. The van der Waals surface area contributed by atoms with Gasteiger partial charge in [-0.25, -0.2) is 0 Å². The van der Waals surface area contributed by atoms with Crippen molar-refractivity contribution in [1.29, 1.82) is 0 Å². The van der Waals surface area contributed by atoms with Crippen LogP contribution in [0.4, 0.5) is 13.2 Å². The smallest absolute Gasteiger partial charge is 0.417 e. The van der Waals surface area contributed by atoms with Crippen LogP contribution < -0.4 is 0 Å². The third-order valence-corrected chi connectivity index (χ3v) is 5.79. The lowest BCUT2D eigenvalue weighted by atomic mass is 9.95. The first-order valence-electron chi connectivity index (χ1n) is 8.91. The highest BCUT2D eigenvalue weighted by Crippen LogP contribution is 2.40. The molecule has 0 spiro atoms. The maximum atomic E-state index is 13.5. The van der Waals surface area contributed by atoms with E-state index in [9.17, 15) is 22.8 Å². The minimum atomic E-state index is -4.52. The average molecular weight is 451 g/mol. The molecular formula is C21H16F3NO3S2. The number of aliphatic carboxylic acids is 1. The van der Waals surface area contributed by atoms with Gasteiger partial charge in [0.25, 0.3) is 5.91 Å². The molecule has 0 saturated carbocycles. The Hall–Kier alpha value is -2.65. The Kier molecular flexibility index (Phi) is 6.62. The largest absolute Gasteiger partial charge is 0.481 e. The summed E-state index contributed by atoms with van der Waals surface area (Å²) in [5.74, 6) is -1.34. The molecule has 1 saturated heterocycles. The fraction of sp³-hybridized carbons (Fsp3) is 0.190. The Labute approximate surface area is 180 Å². The number of amides is 1. The van der Waals surface area contributed by atoms with Gasteiger partial charge >= 0.3 is 12.1 Å². The number of halogens is 3. The first kappa shape index (κ1) is 22.0. The number of carbonyl (C=O) groups excluding carboxylic acids is 1. The predicted molar refractivity (Wildman–Crippen MR) is 114 cm³/mol. The molecule has 9 heteroatoms. The molecule has 1 N–H and O–H groups in total. The summed E-state index contributed by atoms with van der Waals surface area (Å²) in [5, 5.41) is 8.75. The van der Waals surface area contributed by atoms with Gasteiger partial charge in [0.15, 0.2) is 0 Å². The number of alkyl halides is 3.